The van der Waals surface area contributed by atoms with Gasteiger partial charge in [0, 0.05) is 17.8 Å². The van der Waals surface area contributed by atoms with E-state index in [4.69, 9.17) is 10.5 Å². The van der Waals surface area contributed by atoms with Gasteiger partial charge in [-0.05, 0) is 32.9 Å². The SMILES string of the molecule is COc1cc2ncc(-c3cc(C#N)c(N)cc3F)n2cc1S(=O)(=O)C(C)(C)C. The molecule has 9 heteroatoms. The van der Waals surface area contributed by atoms with Crippen LogP contribution in [0.1, 0.15) is 26.3 Å². The number of methoxy groups -OCH3 is 1. The van der Waals surface area contributed by atoms with E-state index in [1.807, 2.05) is 6.07 Å². The van der Waals surface area contributed by atoms with Crippen molar-refractivity contribution < 1.29 is 17.5 Å². The van der Waals surface area contributed by atoms with Gasteiger partial charge in [-0.25, -0.2) is 17.8 Å². The Hall–Kier alpha value is -3.12. The first-order chi connectivity index (χ1) is 13.0. The lowest BCUT2D eigenvalue weighted by Crippen LogP contribution is -2.28. The van der Waals surface area contributed by atoms with Gasteiger partial charge in [0.2, 0.25) is 0 Å². The molecule has 1 aromatic carbocycles. The van der Waals surface area contributed by atoms with Gasteiger partial charge in [-0.3, -0.25) is 4.40 Å². The Labute approximate surface area is 162 Å². The third-order valence-corrected chi connectivity index (χ3v) is 6.92. The zero-order valence-electron chi connectivity index (χ0n) is 15.8. The van der Waals surface area contributed by atoms with E-state index in [2.05, 4.69) is 4.98 Å². The maximum absolute atomic E-state index is 14.6. The highest BCUT2D eigenvalue weighted by atomic mass is 32.2. The molecular formula is C19H19FN4O3S. The molecule has 3 rings (SSSR count). The zero-order valence-corrected chi connectivity index (χ0v) is 16.6. The van der Waals surface area contributed by atoms with E-state index >= 15 is 0 Å². The molecule has 0 atom stereocenters. The number of pyridine rings is 1. The maximum Gasteiger partial charge on any atom is 0.188 e. The lowest BCUT2D eigenvalue weighted by atomic mass is 10.1. The average Bonchev–Trinajstić information content (AvgIpc) is 3.02. The third-order valence-electron chi connectivity index (χ3n) is 4.43. The molecule has 0 spiro atoms. The van der Waals surface area contributed by atoms with E-state index in [0.717, 1.165) is 6.07 Å². The summed E-state index contributed by atoms with van der Waals surface area (Å²) in [5.41, 5.74) is 6.53. The molecular weight excluding hydrogens is 383 g/mol. The Morgan fingerprint density at radius 1 is 1.29 bits per heavy atom. The van der Waals surface area contributed by atoms with Crippen molar-refractivity contribution in [3.8, 4) is 23.1 Å². The standard InChI is InChI=1S/C19H19FN4O3S/c1-19(2,3)28(25,26)17-10-24-15(9-23-18(24)7-16(17)27-4)12-5-11(8-21)14(22)6-13(12)20/h5-7,9-10H,22H2,1-4H3. The number of fused-ring (bicyclic) bond motifs is 1. The molecule has 2 N–H and O–H groups in total. The highest BCUT2D eigenvalue weighted by Crippen LogP contribution is 2.35. The Morgan fingerprint density at radius 3 is 2.54 bits per heavy atom. The summed E-state index contributed by atoms with van der Waals surface area (Å²) in [7, 11) is -2.39. The molecule has 2 aromatic heterocycles. The third kappa shape index (κ3) is 2.96. The first-order valence-corrected chi connectivity index (χ1v) is 9.79. The van der Waals surface area contributed by atoms with Gasteiger partial charge in [0.15, 0.2) is 9.84 Å². The van der Waals surface area contributed by atoms with Crippen LogP contribution in [-0.2, 0) is 9.84 Å². The smallest absolute Gasteiger partial charge is 0.188 e. The highest BCUT2D eigenvalue weighted by Gasteiger charge is 2.34. The Balaban J connectivity index is 2.35. The molecule has 0 unspecified atom stereocenters. The van der Waals surface area contributed by atoms with Gasteiger partial charge in [0.1, 0.15) is 28.2 Å². The first-order valence-electron chi connectivity index (χ1n) is 8.30. The number of hydrogen-bond donors (Lipinski definition) is 1. The number of nitrogens with two attached hydrogens (primary N) is 1. The summed E-state index contributed by atoms with van der Waals surface area (Å²) in [5.74, 6) is -0.496. The van der Waals surface area contributed by atoms with Crippen molar-refractivity contribution >= 4 is 21.2 Å². The minimum atomic E-state index is -3.76. The van der Waals surface area contributed by atoms with Gasteiger partial charge < -0.3 is 10.5 Å². The van der Waals surface area contributed by atoms with Crippen molar-refractivity contribution in [1.29, 1.82) is 5.26 Å². The summed E-state index contributed by atoms with van der Waals surface area (Å²) >= 11 is 0. The highest BCUT2D eigenvalue weighted by molar-refractivity contribution is 7.92. The molecule has 0 amide bonds. The van der Waals surface area contributed by atoms with Crippen molar-refractivity contribution in [3.63, 3.8) is 0 Å². The van der Waals surface area contributed by atoms with Gasteiger partial charge in [0.25, 0.3) is 0 Å². The van der Waals surface area contributed by atoms with Crippen molar-refractivity contribution in [3.05, 3.63) is 42.0 Å². The monoisotopic (exact) mass is 402 g/mol. The molecule has 2 heterocycles. The number of nitrogen functional groups attached to an aromatic ring is 1. The lowest BCUT2D eigenvalue weighted by Gasteiger charge is -2.21. The molecule has 0 bridgehead atoms. The molecule has 0 radical (unpaired) electrons. The number of ether oxygens (including phenoxy) is 1. The van der Waals surface area contributed by atoms with Gasteiger partial charge in [-0.15, -0.1) is 0 Å². The number of nitriles is 1. The van der Waals surface area contributed by atoms with Crippen LogP contribution in [0.25, 0.3) is 16.9 Å². The van der Waals surface area contributed by atoms with E-state index in [0.29, 0.717) is 5.65 Å². The first kappa shape index (κ1) is 19.6. The van der Waals surface area contributed by atoms with Crippen molar-refractivity contribution in [2.24, 2.45) is 0 Å². The summed E-state index contributed by atoms with van der Waals surface area (Å²) in [6.07, 6.45) is 2.76. The van der Waals surface area contributed by atoms with Gasteiger partial charge in [-0.2, -0.15) is 5.26 Å². The second kappa shape index (κ2) is 6.49. The predicted molar refractivity (Wildman–Crippen MR) is 103 cm³/mol. The number of rotatable bonds is 3. The molecule has 0 aliphatic heterocycles. The van der Waals surface area contributed by atoms with Crippen LogP contribution in [0, 0.1) is 17.1 Å². The van der Waals surface area contributed by atoms with E-state index in [1.54, 1.807) is 20.8 Å². The number of sulfone groups is 1. The number of anilines is 1. The molecule has 0 aliphatic rings. The van der Waals surface area contributed by atoms with Gasteiger partial charge in [0.05, 0.1) is 35.0 Å². The van der Waals surface area contributed by atoms with Gasteiger partial charge >= 0.3 is 0 Å². The van der Waals surface area contributed by atoms with E-state index < -0.39 is 20.4 Å². The molecule has 0 saturated heterocycles. The summed E-state index contributed by atoms with van der Waals surface area (Å²) in [5, 5.41) is 9.18. The fourth-order valence-corrected chi connectivity index (χ4v) is 4.07. The van der Waals surface area contributed by atoms with Crippen LogP contribution in [-0.4, -0.2) is 29.7 Å². The molecule has 3 aromatic rings. The maximum atomic E-state index is 14.6. The Bertz CT molecular complexity index is 1230. The summed E-state index contributed by atoms with van der Waals surface area (Å²) < 4.78 is 46.2. The summed E-state index contributed by atoms with van der Waals surface area (Å²) in [4.78, 5) is 4.18. The number of imidazole rings is 1. The second-order valence-electron chi connectivity index (χ2n) is 7.22. The predicted octanol–water partition coefficient (Wildman–Crippen LogP) is 3.18. The number of halogens is 1. The van der Waals surface area contributed by atoms with Crippen LogP contribution in [0.15, 0.2) is 35.5 Å². The fourth-order valence-electron chi connectivity index (χ4n) is 2.76. The number of aromatic nitrogens is 2. The number of benzene rings is 1. The average molecular weight is 402 g/mol. The Morgan fingerprint density at radius 2 is 1.96 bits per heavy atom. The fraction of sp³-hybridized carbons (Fsp3) is 0.263. The summed E-state index contributed by atoms with van der Waals surface area (Å²) in [6.45, 7) is 4.75. The topological polar surface area (TPSA) is 110 Å². The number of hydrogen-bond acceptors (Lipinski definition) is 6. The van der Waals surface area contributed by atoms with E-state index in [-0.39, 0.29) is 33.2 Å². The molecule has 0 aliphatic carbocycles. The van der Waals surface area contributed by atoms with Crippen molar-refractivity contribution in [1.82, 2.24) is 9.38 Å². The quantitative estimate of drug-likeness (QED) is 0.674. The van der Waals surface area contributed by atoms with E-state index in [9.17, 15) is 18.1 Å². The van der Waals surface area contributed by atoms with Crippen molar-refractivity contribution in [2.45, 2.75) is 30.4 Å². The van der Waals surface area contributed by atoms with Crippen LogP contribution in [0.2, 0.25) is 0 Å². The van der Waals surface area contributed by atoms with E-state index in [1.165, 1.54) is 36.0 Å². The minimum Gasteiger partial charge on any atom is -0.495 e. The minimum absolute atomic E-state index is 0.0234. The second-order valence-corrected chi connectivity index (χ2v) is 9.90. The zero-order chi connectivity index (χ0) is 20.9. The summed E-state index contributed by atoms with van der Waals surface area (Å²) in [6, 6.07) is 5.76. The number of nitrogens with zero attached hydrogens (tertiary/aromatic N) is 3. The van der Waals surface area contributed by atoms with Crippen LogP contribution in [0.5, 0.6) is 5.75 Å². The molecule has 0 fully saturated rings. The van der Waals surface area contributed by atoms with Crippen LogP contribution in [0.4, 0.5) is 10.1 Å². The molecule has 0 saturated carbocycles. The van der Waals surface area contributed by atoms with Crippen LogP contribution in [0.3, 0.4) is 0 Å². The molecule has 7 nitrogen and oxygen atoms in total. The normalized spacial score (nSPS) is 12.1. The van der Waals surface area contributed by atoms with Crippen LogP contribution >= 0.6 is 0 Å². The molecule has 28 heavy (non-hydrogen) atoms. The van der Waals surface area contributed by atoms with Crippen LogP contribution < -0.4 is 10.5 Å². The Kier molecular flexibility index (Phi) is 4.55. The van der Waals surface area contributed by atoms with Crippen molar-refractivity contribution in [2.75, 3.05) is 12.8 Å². The largest absolute Gasteiger partial charge is 0.495 e. The molecule has 146 valence electrons. The van der Waals surface area contributed by atoms with Gasteiger partial charge in [-0.1, -0.05) is 0 Å². The lowest BCUT2D eigenvalue weighted by molar-refractivity contribution is 0.401.